The van der Waals surface area contributed by atoms with E-state index >= 15 is 0 Å². The Morgan fingerprint density at radius 1 is 1.35 bits per heavy atom. The quantitative estimate of drug-likeness (QED) is 0.873. The van der Waals surface area contributed by atoms with Crippen molar-refractivity contribution in [1.29, 1.82) is 0 Å². The highest BCUT2D eigenvalue weighted by atomic mass is 15.3. The summed E-state index contributed by atoms with van der Waals surface area (Å²) in [5, 5.41) is 12.2. The summed E-state index contributed by atoms with van der Waals surface area (Å²) in [6, 6.07) is 0.404. The Balaban J connectivity index is 2.15. The zero-order valence-electron chi connectivity index (χ0n) is 11.2. The van der Waals surface area contributed by atoms with Crippen LogP contribution in [0.2, 0.25) is 0 Å². The van der Waals surface area contributed by atoms with Gasteiger partial charge in [0.05, 0.1) is 6.04 Å². The van der Waals surface area contributed by atoms with Crippen molar-refractivity contribution < 1.29 is 0 Å². The average Bonchev–Trinajstić information content (AvgIpc) is 2.72. The van der Waals surface area contributed by atoms with Crippen molar-refractivity contribution in [2.45, 2.75) is 59.0 Å². The molecule has 1 aromatic heterocycles. The summed E-state index contributed by atoms with van der Waals surface area (Å²) >= 11 is 0. The molecule has 0 radical (unpaired) electrons. The largest absolute Gasteiger partial charge is 0.314 e. The molecule has 96 valence electrons. The summed E-state index contributed by atoms with van der Waals surface area (Å²) in [5.74, 6) is 3.03. The Morgan fingerprint density at radius 2 is 2.18 bits per heavy atom. The van der Waals surface area contributed by atoms with Gasteiger partial charge < -0.3 is 9.88 Å². The molecule has 2 rings (SSSR count). The maximum Gasteiger partial charge on any atom is 0.150 e. The molecule has 1 saturated heterocycles. The Morgan fingerprint density at radius 3 is 2.88 bits per heavy atom. The lowest BCUT2D eigenvalue weighted by Crippen LogP contribution is -2.33. The molecule has 0 bridgehead atoms. The second-order valence-corrected chi connectivity index (χ2v) is 5.06. The molecule has 0 amide bonds. The third-order valence-electron chi connectivity index (χ3n) is 3.81. The van der Waals surface area contributed by atoms with Crippen LogP contribution in [-0.4, -0.2) is 21.3 Å². The molecule has 4 nitrogen and oxygen atoms in total. The van der Waals surface area contributed by atoms with E-state index in [0.29, 0.717) is 6.04 Å². The molecule has 4 heteroatoms. The van der Waals surface area contributed by atoms with E-state index in [-0.39, 0.29) is 0 Å². The Bertz CT molecular complexity index is 358. The lowest BCUT2D eigenvalue weighted by atomic mass is 9.90. The van der Waals surface area contributed by atoms with Crippen molar-refractivity contribution in [3.8, 4) is 0 Å². The van der Waals surface area contributed by atoms with Gasteiger partial charge in [0.25, 0.3) is 0 Å². The number of nitrogens with one attached hydrogen (secondary N) is 1. The monoisotopic (exact) mass is 236 g/mol. The number of hydrogen-bond donors (Lipinski definition) is 1. The molecule has 0 saturated carbocycles. The van der Waals surface area contributed by atoms with Crippen LogP contribution in [0.5, 0.6) is 0 Å². The van der Waals surface area contributed by atoms with Crippen LogP contribution in [0.4, 0.5) is 0 Å². The van der Waals surface area contributed by atoms with Gasteiger partial charge in [-0.1, -0.05) is 20.3 Å². The number of nitrogens with zero attached hydrogens (tertiary/aromatic N) is 3. The van der Waals surface area contributed by atoms with Crippen LogP contribution in [-0.2, 0) is 6.54 Å². The Kier molecular flexibility index (Phi) is 4.15. The van der Waals surface area contributed by atoms with Crippen LogP contribution in [0.1, 0.15) is 57.2 Å². The first kappa shape index (κ1) is 12.6. The highest BCUT2D eigenvalue weighted by Crippen LogP contribution is 2.28. The third-order valence-corrected chi connectivity index (χ3v) is 3.81. The number of piperidine rings is 1. The molecule has 1 N–H and O–H groups in total. The van der Waals surface area contributed by atoms with E-state index in [1.54, 1.807) is 0 Å². The minimum absolute atomic E-state index is 0.404. The molecule has 1 aliphatic rings. The lowest BCUT2D eigenvalue weighted by molar-refractivity contribution is 0.285. The molecule has 17 heavy (non-hydrogen) atoms. The van der Waals surface area contributed by atoms with Crippen LogP contribution in [0.15, 0.2) is 0 Å². The smallest absolute Gasteiger partial charge is 0.150 e. The van der Waals surface area contributed by atoms with Crippen LogP contribution < -0.4 is 5.32 Å². The summed E-state index contributed by atoms with van der Waals surface area (Å²) in [7, 11) is 0. The van der Waals surface area contributed by atoms with Gasteiger partial charge in [0.1, 0.15) is 11.6 Å². The van der Waals surface area contributed by atoms with Gasteiger partial charge in [0.2, 0.25) is 0 Å². The zero-order chi connectivity index (χ0) is 12.3. The fourth-order valence-corrected chi connectivity index (χ4v) is 2.72. The predicted molar refractivity (Wildman–Crippen MR) is 68.8 cm³/mol. The maximum atomic E-state index is 4.38. The van der Waals surface area contributed by atoms with Crippen molar-refractivity contribution in [1.82, 2.24) is 20.1 Å². The van der Waals surface area contributed by atoms with E-state index in [9.17, 15) is 0 Å². The van der Waals surface area contributed by atoms with Gasteiger partial charge in [-0.3, -0.25) is 0 Å². The molecule has 2 atom stereocenters. The summed E-state index contributed by atoms with van der Waals surface area (Å²) < 4.78 is 2.27. The highest BCUT2D eigenvalue weighted by molar-refractivity contribution is 5.02. The summed E-state index contributed by atoms with van der Waals surface area (Å²) in [6.07, 6.45) is 4.92. The number of hydrogen-bond acceptors (Lipinski definition) is 3. The summed E-state index contributed by atoms with van der Waals surface area (Å²) in [4.78, 5) is 0. The van der Waals surface area contributed by atoms with Crippen molar-refractivity contribution in [3.63, 3.8) is 0 Å². The molecule has 0 aromatic carbocycles. The topological polar surface area (TPSA) is 42.7 Å². The van der Waals surface area contributed by atoms with Gasteiger partial charge in [-0.25, -0.2) is 0 Å². The maximum absolute atomic E-state index is 4.38. The Hall–Kier alpha value is -0.900. The predicted octanol–water partition coefficient (Wildman–Crippen LogP) is 2.45. The molecular weight excluding hydrogens is 212 g/mol. The zero-order valence-corrected chi connectivity index (χ0v) is 11.2. The van der Waals surface area contributed by atoms with E-state index in [2.05, 4.69) is 33.9 Å². The van der Waals surface area contributed by atoms with E-state index in [1.165, 1.54) is 19.3 Å². The number of aryl methyl sites for hydroxylation is 1. The van der Waals surface area contributed by atoms with Gasteiger partial charge in [-0.05, 0) is 38.6 Å². The third kappa shape index (κ3) is 2.68. The second-order valence-electron chi connectivity index (χ2n) is 5.06. The van der Waals surface area contributed by atoms with Crippen LogP contribution in [0.3, 0.4) is 0 Å². The Labute approximate surface area is 104 Å². The van der Waals surface area contributed by atoms with Crippen molar-refractivity contribution in [3.05, 3.63) is 11.6 Å². The summed E-state index contributed by atoms with van der Waals surface area (Å²) in [5.41, 5.74) is 0. The number of aromatic nitrogens is 3. The first-order valence-electron chi connectivity index (χ1n) is 6.89. The van der Waals surface area contributed by atoms with Crippen molar-refractivity contribution >= 4 is 0 Å². The molecule has 1 aromatic rings. The molecule has 2 unspecified atom stereocenters. The summed E-state index contributed by atoms with van der Waals surface area (Å²) in [6.45, 7) is 8.68. The van der Waals surface area contributed by atoms with Gasteiger partial charge >= 0.3 is 0 Å². The van der Waals surface area contributed by atoms with Crippen LogP contribution >= 0.6 is 0 Å². The second kappa shape index (κ2) is 5.63. The first-order chi connectivity index (χ1) is 8.26. The molecular formula is C13H24N4. The van der Waals surface area contributed by atoms with E-state index < -0.39 is 0 Å². The normalized spacial score (nSPS) is 25.1. The minimum atomic E-state index is 0.404. The first-order valence-corrected chi connectivity index (χ1v) is 6.89. The lowest BCUT2D eigenvalue weighted by Gasteiger charge is -2.29. The molecule has 2 heterocycles. The van der Waals surface area contributed by atoms with Crippen molar-refractivity contribution in [2.24, 2.45) is 5.92 Å². The fraction of sp³-hybridized carbons (Fsp3) is 0.846. The van der Waals surface area contributed by atoms with Crippen molar-refractivity contribution in [2.75, 3.05) is 6.54 Å². The van der Waals surface area contributed by atoms with Crippen LogP contribution in [0.25, 0.3) is 0 Å². The number of rotatable bonds is 4. The van der Waals surface area contributed by atoms with Gasteiger partial charge in [-0.2, -0.15) is 0 Å². The van der Waals surface area contributed by atoms with Crippen LogP contribution in [0, 0.1) is 12.8 Å². The average molecular weight is 236 g/mol. The molecule has 0 spiro atoms. The molecule has 1 fully saturated rings. The van der Waals surface area contributed by atoms with E-state index in [4.69, 9.17) is 0 Å². The van der Waals surface area contributed by atoms with Gasteiger partial charge in [0, 0.05) is 6.54 Å². The van der Waals surface area contributed by atoms with E-state index in [0.717, 1.165) is 37.1 Å². The fourth-order valence-electron chi connectivity index (χ4n) is 2.72. The minimum Gasteiger partial charge on any atom is -0.314 e. The van der Waals surface area contributed by atoms with Gasteiger partial charge in [0.15, 0.2) is 0 Å². The van der Waals surface area contributed by atoms with Gasteiger partial charge in [-0.15, -0.1) is 10.2 Å². The standard InChI is InChI=1S/C13H24N4/c1-4-8-17-10(3)15-16-13(17)12-9-11(5-2)6-7-14-12/h11-12,14H,4-9H2,1-3H3. The SMILES string of the molecule is CCCn1c(C)nnc1C1CC(CC)CCN1. The molecule has 0 aliphatic carbocycles. The highest BCUT2D eigenvalue weighted by Gasteiger charge is 2.25. The van der Waals surface area contributed by atoms with E-state index in [1.807, 2.05) is 6.92 Å². The molecule has 1 aliphatic heterocycles.